The van der Waals surface area contributed by atoms with Crippen LogP contribution >= 0.6 is 12.4 Å². The lowest BCUT2D eigenvalue weighted by Crippen LogP contribution is -2.49. The van der Waals surface area contributed by atoms with Gasteiger partial charge >= 0.3 is 0 Å². The third-order valence-corrected chi connectivity index (χ3v) is 6.92. The molecule has 28 heavy (non-hydrogen) atoms. The molecule has 5 nitrogen and oxygen atoms in total. The number of hydrogen-bond acceptors (Lipinski definition) is 3. The van der Waals surface area contributed by atoms with E-state index < -0.39 is 0 Å². The monoisotopic (exact) mass is 405 g/mol. The fraction of sp³-hybridized carbons (Fsp3) is 0.636. The highest BCUT2D eigenvalue weighted by Crippen LogP contribution is 2.41. The lowest BCUT2D eigenvalue weighted by molar-refractivity contribution is -0.128. The van der Waals surface area contributed by atoms with E-state index in [-0.39, 0.29) is 36.1 Å². The maximum atomic E-state index is 12.7. The largest absolute Gasteiger partial charge is 0.352 e. The van der Waals surface area contributed by atoms with Gasteiger partial charge in [-0.15, -0.1) is 12.4 Å². The van der Waals surface area contributed by atoms with Crippen LogP contribution in [0.1, 0.15) is 56.9 Å². The molecule has 0 heterocycles. The first-order chi connectivity index (χ1) is 13.1. The SMILES string of the molecule is Cl.NC1C2CCCC1CC(C(=O)NCc1cccc(NC(=O)C3CCC3)c1)C2. The van der Waals surface area contributed by atoms with Gasteiger partial charge in [0.15, 0.2) is 0 Å². The third-order valence-electron chi connectivity index (χ3n) is 6.92. The smallest absolute Gasteiger partial charge is 0.227 e. The second-order valence-corrected chi connectivity index (χ2v) is 8.73. The van der Waals surface area contributed by atoms with Crippen LogP contribution in [-0.2, 0) is 16.1 Å². The molecular formula is C22H32ClN3O2. The maximum absolute atomic E-state index is 12.7. The number of nitrogens with one attached hydrogen (secondary N) is 2. The Morgan fingerprint density at radius 1 is 0.964 bits per heavy atom. The zero-order chi connectivity index (χ0) is 18.8. The molecule has 2 unspecified atom stereocenters. The summed E-state index contributed by atoms with van der Waals surface area (Å²) in [4.78, 5) is 24.8. The van der Waals surface area contributed by atoms with E-state index >= 15 is 0 Å². The highest BCUT2D eigenvalue weighted by Gasteiger charge is 2.40. The lowest BCUT2D eigenvalue weighted by atomic mass is 9.65. The van der Waals surface area contributed by atoms with Crippen LogP contribution < -0.4 is 16.4 Å². The fourth-order valence-corrected chi connectivity index (χ4v) is 5.01. The van der Waals surface area contributed by atoms with Gasteiger partial charge in [-0.3, -0.25) is 9.59 Å². The predicted molar refractivity (Wildman–Crippen MR) is 113 cm³/mol. The van der Waals surface area contributed by atoms with Crippen LogP contribution in [0, 0.1) is 23.7 Å². The quantitative estimate of drug-likeness (QED) is 0.699. The van der Waals surface area contributed by atoms with Crippen LogP contribution in [0.4, 0.5) is 5.69 Å². The summed E-state index contributed by atoms with van der Waals surface area (Å²) < 4.78 is 0. The minimum atomic E-state index is 0. The standard InChI is InChI=1S/C22H31N3O2.ClH/c23-20-16-7-3-8-17(20)12-18(11-16)21(26)24-13-14-4-1-9-19(10-14)25-22(27)15-5-2-6-15;/h1,4,9-10,15-18,20H,2-3,5-8,11-13,23H2,(H,24,26)(H,25,27);1H. The molecule has 1 aromatic rings. The van der Waals surface area contributed by atoms with Crippen LogP contribution in [0.5, 0.6) is 0 Å². The number of carbonyl (C=O) groups is 2. The van der Waals surface area contributed by atoms with Crippen LogP contribution in [0.2, 0.25) is 0 Å². The Hall–Kier alpha value is -1.59. The van der Waals surface area contributed by atoms with Gasteiger partial charge in [0.2, 0.25) is 11.8 Å². The second-order valence-electron chi connectivity index (χ2n) is 8.73. The summed E-state index contributed by atoms with van der Waals surface area (Å²) in [6.07, 6.45) is 8.61. The first-order valence-corrected chi connectivity index (χ1v) is 10.5. The van der Waals surface area contributed by atoms with E-state index in [4.69, 9.17) is 5.73 Å². The van der Waals surface area contributed by atoms with Gasteiger partial charge in [-0.05, 0) is 68.1 Å². The molecule has 154 valence electrons. The van der Waals surface area contributed by atoms with E-state index in [9.17, 15) is 9.59 Å². The molecule has 0 spiro atoms. The number of anilines is 1. The summed E-state index contributed by atoms with van der Waals surface area (Å²) in [5, 5.41) is 6.11. The van der Waals surface area contributed by atoms with Gasteiger partial charge < -0.3 is 16.4 Å². The normalized spacial score (nSPS) is 29.2. The summed E-state index contributed by atoms with van der Waals surface area (Å²) in [6, 6.07) is 8.08. The molecule has 0 aliphatic heterocycles. The van der Waals surface area contributed by atoms with Gasteiger partial charge in [-0.25, -0.2) is 0 Å². The summed E-state index contributed by atoms with van der Waals surface area (Å²) in [7, 11) is 0. The average Bonchev–Trinajstić information content (AvgIpc) is 2.58. The third kappa shape index (κ3) is 4.69. The number of rotatable bonds is 5. The van der Waals surface area contributed by atoms with E-state index in [0.29, 0.717) is 24.4 Å². The van der Waals surface area contributed by atoms with Crippen molar-refractivity contribution in [3.63, 3.8) is 0 Å². The molecule has 2 bridgehead atoms. The Morgan fingerprint density at radius 2 is 1.64 bits per heavy atom. The maximum Gasteiger partial charge on any atom is 0.227 e. The number of carbonyl (C=O) groups excluding carboxylic acids is 2. The molecule has 4 N–H and O–H groups in total. The van der Waals surface area contributed by atoms with Gasteiger partial charge in [0.05, 0.1) is 0 Å². The predicted octanol–water partition coefficient (Wildman–Crippen LogP) is 3.62. The summed E-state index contributed by atoms with van der Waals surface area (Å²) in [6.45, 7) is 0.504. The van der Waals surface area contributed by atoms with E-state index in [0.717, 1.165) is 43.4 Å². The summed E-state index contributed by atoms with van der Waals surface area (Å²) >= 11 is 0. The number of amides is 2. The van der Waals surface area contributed by atoms with E-state index in [2.05, 4.69) is 10.6 Å². The van der Waals surface area contributed by atoms with Crippen molar-refractivity contribution in [2.75, 3.05) is 5.32 Å². The Morgan fingerprint density at radius 3 is 2.29 bits per heavy atom. The molecule has 3 aliphatic rings. The molecule has 0 aromatic heterocycles. The van der Waals surface area contributed by atoms with Gasteiger partial charge in [0, 0.05) is 30.1 Å². The Balaban J connectivity index is 0.00000225. The zero-order valence-corrected chi connectivity index (χ0v) is 17.2. The molecule has 2 atom stereocenters. The topological polar surface area (TPSA) is 84.2 Å². The molecule has 2 amide bonds. The van der Waals surface area contributed by atoms with Gasteiger partial charge in [-0.2, -0.15) is 0 Å². The van der Waals surface area contributed by atoms with Gasteiger partial charge in [-0.1, -0.05) is 25.0 Å². The average molecular weight is 406 g/mol. The number of halogens is 1. The van der Waals surface area contributed by atoms with Crippen molar-refractivity contribution in [2.24, 2.45) is 29.4 Å². The number of hydrogen-bond donors (Lipinski definition) is 3. The van der Waals surface area contributed by atoms with Crippen LogP contribution in [0.3, 0.4) is 0 Å². The highest BCUT2D eigenvalue weighted by atomic mass is 35.5. The van der Waals surface area contributed by atoms with Crippen LogP contribution in [0.15, 0.2) is 24.3 Å². The summed E-state index contributed by atoms with van der Waals surface area (Å²) in [5.41, 5.74) is 8.17. The molecule has 1 aromatic carbocycles. The summed E-state index contributed by atoms with van der Waals surface area (Å²) in [5.74, 6) is 1.57. The molecule has 3 aliphatic carbocycles. The van der Waals surface area contributed by atoms with Crippen molar-refractivity contribution in [3.8, 4) is 0 Å². The molecule has 6 heteroatoms. The number of fused-ring (bicyclic) bond motifs is 2. The molecule has 0 saturated heterocycles. The number of benzene rings is 1. The van der Waals surface area contributed by atoms with E-state index in [1.165, 1.54) is 19.3 Å². The lowest BCUT2D eigenvalue weighted by Gasteiger charge is -2.43. The van der Waals surface area contributed by atoms with Crippen molar-refractivity contribution in [3.05, 3.63) is 29.8 Å². The Labute approximate surface area is 173 Å². The van der Waals surface area contributed by atoms with Crippen molar-refractivity contribution in [1.29, 1.82) is 0 Å². The van der Waals surface area contributed by atoms with Crippen molar-refractivity contribution >= 4 is 29.9 Å². The minimum absolute atomic E-state index is 0. The molecule has 0 radical (unpaired) electrons. The first-order valence-electron chi connectivity index (χ1n) is 10.5. The first kappa shape index (κ1) is 21.1. The minimum Gasteiger partial charge on any atom is -0.352 e. The Bertz CT molecular complexity index is 693. The molecular weight excluding hydrogens is 374 g/mol. The zero-order valence-electron chi connectivity index (χ0n) is 16.4. The fourth-order valence-electron chi connectivity index (χ4n) is 5.01. The second kappa shape index (κ2) is 9.27. The van der Waals surface area contributed by atoms with E-state index in [1.807, 2.05) is 24.3 Å². The highest BCUT2D eigenvalue weighted by molar-refractivity contribution is 5.93. The van der Waals surface area contributed by atoms with E-state index in [1.54, 1.807) is 0 Å². The Kier molecular flexibility index (Phi) is 7.00. The molecule has 3 fully saturated rings. The van der Waals surface area contributed by atoms with Gasteiger partial charge in [0.25, 0.3) is 0 Å². The molecule has 4 rings (SSSR count). The number of nitrogens with two attached hydrogens (primary N) is 1. The van der Waals surface area contributed by atoms with Crippen LogP contribution in [-0.4, -0.2) is 17.9 Å². The van der Waals surface area contributed by atoms with Crippen LogP contribution in [0.25, 0.3) is 0 Å². The van der Waals surface area contributed by atoms with Crippen molar-refractivity contribution < 1.29 is 9.59 Å². The van der Waals surface area contributed by atoms with Gasteiger partial charge in [0.1, 0.15) is 0 Å². The molecule has 3 saturated carbocycles. The van der Waals surface area contributed by atoms with Crippen molar-refractivity contribution in [1.82, 2.24) is 5.32 Å². The van der Waals surface area contributed by atoms with Crippen molar-refractivity contribution in [2.45, 2.75) is 64.0 Å².